The summed E-state index contributed by atoms with van der Waals surface area (Å²) in [7, 11) is 0. The van der Waals surface area contributed by atoms with Crippen LogP contribution in [0.3, 0.4) is 0 Å². The van der Waals surface area contributed by atoms with Crippen molar-refractivity contribution >= 4 is 28.1 Å². The van der Waals surface area contributed by atoms with Crippen LogP contribution in [0, 0.1) is 5.82 Å². The molecule has 8 heteroatoms. The number of hydrogen-bond acceptors (Lipinski definition) is 5. The van der Waals surface area contributed by atoms with Crippen molar-refractivity contribution in [3.63, 3.8) is 0 Å². The van der Waals surface area contributed by atoms with Crippen LogP contribution in [-0.4, -0.2) is 61.7 Å². The van der Waals surface area contributed by atoms with Crippen LogP contribution in [0.1, 0.15) is 18.5 Å². The van der Waals surface area contributed by atoms with Crippen LogP contribution in [0.15, 0.2) is 34.6 Å². The van der Waals surface area contributed by atoms with Crippen molar-refractivity contribution in [3.05, 3.63) is 41.2 Å². The highest BCUT2D eigenvalue weighted by Crippen LogP contribution is 2.24. The first-order valence-corrected chi connectivity index (χ1v) is 10.8. The lowest BCUT2D eigenvalue weighted by Crippen LogP contribution is -2.51. The van der Waals surface area contributed by atoms with E-state index in [1.54, 1.807) is 11.3 Å². The Bertz CT molecular complexity index is 791. The molecule has 2 fully saturated rings. The van der Waals surface area contributed by atoms with Gasteiger partial charge in [0.25, 0.3) is 0 Å². The standard InChI is InChI=1S/C20H27FN6S/c21-16-3-5-18(6-4-16)25-11-13-26(14-12-25)19(22)23-8-7-17-15-28-20(24-17)27-9-1-2-10-27/h3-6,15H,1-2,7-14H2,(H2,22,23). The lowest BCUT2D eigenvalue weighted by Gasteiger charge is -2.36. The third kappa shape index (κ3) is 4.55. The summed E-state index contributed by atoms with van der Waals surface area (Å²) in [5.41, 5.74) is 8.35. The number of guanidine groups is 1. The second kappa shape index (κ2) is 8.77. The van der Waals surface area contributed by atoms with Gasteiger partial charge in [-0.3, -0.25) is 4.99 Å². The molecule has 0 bridgehead atoms. The molecule has 28 heavy (non-hydrogen) atoms. The fraction of sp³-hybridized carbons (Fsp3) is 0.500. The number of piperazine rings is 1. The van der Waals surface area contributed by atoms with E-state index in [0.29, 0.717) is 12.5 Å². The molecular weight excluding hydrogens is 375 g/mol. The molecule has 0 saturated carbocycles. The third-order valence-corrected chi connectivity index (χ3v) is 6.30. The Balaban J connectivity index is 1.24. The molecule has 0 unspecified atom stereocenters. The maximum Gasteiger partial charge on any atom is 0.191 e. The van der Waals surface area contributed by atoms with Gasteiger partial charge in [0.2, 0.25) is 0 Å². The van der Waals surface area contributed by atoms with Gasteiger partial charge < -0.3 is 20.4 Å². The highest BCUT2D eigenvalue weighted by Gasteiger charge is 2.19. The summed E-state index contributed by atoms with van der Waals surface area (Å²) in [5.74, 6) is 0.403. The first kappa shape index (κ1) is 19.0. The number of nitrogens with two attached hydrogens (primary N) is 1. The molecule has 0 spiro atoms. The van der Waals surface area contributed by atoms with Gasteiger partial charge in [-0.1, -0.05) is 0 Å². The van der Waals surface area contributed by atoms with Gasteiger partial charge in [-0.15, -0.1) is 11.3 Å². The summed E-state index contributed by atoms with van der Waals surface area (Å²) in [6.45, 7) is 6.27. The molecule has 1 aromatic carbocycles. The van der Waals surface area contributed by atoms with Crippen molar-refractivity contribution in [3.8, 4) is 0 Å². The van der Waals surface area contributed by atoms with Gasteiger partial charge in [0.1, 0.15) is 5.82 Å². The largest absolute Gasteiger partial charge is 0.370 e. The molecule has 2 aromatic rings. The Kier molecular flexibility index (Phi) is 5.95. The first-order valence-electron chi connectivity index (χ1n) is 9.94. The van der Waals surface area contributed by atoms with Crippen molar-refractivity contribution in [1.82, 2.24) is 9.88 Å². The van der Waals surface area contributed by atoms with Crippen molar-refractivity contribution < 1.29 is 4.39 Å². The van der Waals surface area contributed by atoms with E-state index >= 15 is 0 Å². The lowest BCUT2D eigenvalue weighted by atomic mass is 10.2. The molecule has 2 saturated heterocycles. The van der Waals surface area contributed by atoms with Gasteiger partial charge in [-0.2, -0.15) is 0 Å². The highest BCUT2D eigenvalue weighted by atomic mass is 32.1. The second-order valence-corrected chi connectivity index (χ2v) is 8.09. The zero-order valence-electron chi connectivity index (χ0n) is 16.1. The molecule has 0 amide bonds. The van der Waals surface area contributed by atoms with Crippen LogP contribution in [-0.2, 0) is 6.42 Å². The minimum Gasteiger partial charge on any atom is -0.370 e. The van der Waals surface area contributed by atoms with E-state index in [0.717, 1.165) is 62.2 Å². The summed E-state index contributed by atoms with van der Waals surface area (Å²) >= 11 is 1.73. The van der Waals surface area contributed by atoms with Gasteiger partial charge in [-0.05, 0) is 37.1 Å². The molecule has 0 radical (unpaired) electrons. The minimum atomic E-state index is -0.202. The lowest BCUT2D eigenvalue weighted by molar-refractivity contribution is 0.381. The number of aromatic nitrogens is 1. The van der Waals surface area contributed by atoms with Crippen molar-refractivity contribution in [1.29, 1.82) is 0 Å². The quantitative estimate of drug-likeness (QED) is 0.615. The number of aliphatic imine (C=N–C) groups is 1. The Labute approximate surface area is 169 Å². The van der Waals surface area contributed by atoms with Crippen molar-refractivity contribution in [2.24, 2.45) is 10.7 Å². The molecule has 0 aliphatic carbocycles. The van der Waals surface area contributed by atoms with Crippen molar-refractivity contribution in [2.75, 3.05) is 55.6 Å². The normalized spacial score (nSPS) is 18.2. The fourth-order valence-corrected chi connectivity index (χ4v) is 4.61. The van der Waals surface area contributed by atoms with Crippen LogP contribution in [0.4, 0.5) is 15.2 Å². The second-order valence-electron chi connectivity index (χ2n) is 7.26. The summed E-state index contributed by atoms with van der Waals surface area (Å²) in [4.78, 5) is 16.0. The number of anilines is 2. The Morgan fingerprint density at radius 3 is 2.46 bits per heavy atom. The van der Waals surface area contributed by atoms with E-state index in [9.17, 15) is 4.39 Å². The maximum atomic E-state index is 13.1. The fourth-order valence-electron chi connectivity index (χ4n) is 3.70. The van der Waals surface area contributed by atoms with Gasteiger partial charge in [0.15, 0.2) is 11.1 Å². The average molecular weight is 403 g/mol. The van der Waals surface area contributed by atoms with E-state index in [-0.39, 0.29) is 5.82 Å². The Morgan fingerprint density at radius 2 is 1.75 bits per heavy atom. The summed E-state index contributed by atoms with van der Waals surface area (Å²) < 4.78 is 13.1. The third-order valence-electron chi connectivity index (χ3n) is 5.35. The Hall–Kier alpha value is -2.35. The van der Waals surface area contributed by atoms with E-state index < -0.39 is 0 Å². The van der Waals surface area contributed by atoms with Crippen LogP contribution in [0.25, 0.3) is 0 Å². The van der Waals surface area contributed by atoms with Gasteiger partial charge in [0, 0.05) is 63.3 Å². The predicted octanol–water partition coefficient (Wildman–Crippen LogP) is 2.56. The van der Waals surface area contributed by atoms with Gasteiger partial charge in [0.05, 0.1) is 5.69 Å². The molecule has 3 heterocycles. The van der Waals surface area contributed by atoms with Crippen LogP contribution >= 0.6 is 11.3 Å². The number of nitrogens with zero attached hydrogens (tertiary/aromatic N) is 5. The summed E-state index contributed by atoms with van der Waals surface area (Å²) in [6.07, 6.45) is 3.36. The predicted molar refractivity (Wildman–Crippen MR) is 114 cm³/mol. The zero-order chi connectivity index (χ0) is 19.3. The minimum absolute atomic E-state index is 0.202. The van der Waals surface area contributed by atoms with Gasteiger partial charge >= 0.3 is 0 Å². The Morgan fingerprint density at radius 1 is 1.04 bits per heavy atom. The van der Waals surface area contributed by atoms with Crippen LogP contribution < -0.4 is 15.5 Å². The smallest absolute Gasteiger partial charge is 0.191 e. The molecular formula is C20H27FN6S. The van der Waals surface area contributed by atoms with Crippen LogP contribution in [0.2, 0.25) is 0 Å². The molecule has 0 atom stereocenters. The number of halogens is 1. The summed E-state index contributed by atoms with van der Waals surface area (Å²) in [6, 6.07) is 6.66. The highest BCUT2D eigenvalue weighted by molar-refractivity contribution is 7.13. The number of thiazole rings is 1. The average Bonchev–Trinajstić information content (AvgIpc) is 3.40. The number of hydrogen-bond donors (Lipinski definition) is 1. The molecule has 150 valence electrons. The molecule has 6 nitrogen and oxygen atoms in total. The van der Waals surface area contributed by atoms with Crippen molar-refractivity contribution in [2.45, 2.75) is 19.3 Å². The molecule has 1 aromatic heterocycles. The van der Waals surface area contributed by atoms with E-state index in [1.807, 2.05) is 12.1 Å². The van der Waals surface area contributed by atoms with E-state index in [1.165, 1.54) is 25.0 Å². The maximum absolute atomic E-state index is 13.1. The molecule has 2 aliphatic rings. The topological polar surface area (TPSA) is 61.0 Å². The van der Waals surface area contributed by atoms with E-state index in [2.05, 4.69) is 25.1 Å². The number of rotatable bonds is 5. The first-order chi connectivity index (χ1) is 13.7. The zero-order valence-corrected chi connectivity index (χ0v) is 16.9. The monoisotopic (exact) mass is 402 g/mol. The van der Waals surface area contributed by atoms with E-state index in [4.69, 9.17) is 10.7 Å². The SMILES string of the molecule is NC(=NCCc1csc(N2CCCC2)n1)N1CCN(c2ccc(F)cc2)CC1. The molecule has 4 rings (SSSR count). The number of benzene rings is 1. The summed E-state index contributed by atoms with van der Waals surface area (Å²) in [5, 5.41) is 3.28. The van der Waals surface area contributed by atoms with Crippen LogP contribution in [0.5, 0.6) is 0 Å². The molecule has 2 aliphatic heterocycles. The van der Waals surface area contributed by atoms with Gasteiger partial charge in [-0.25, -0.2) is 9.37 Å². The molecule has 2 N–H and O–H groups in total.